The number of hydrogen-bond acceptors (Lipinski definition) is 3. The highest BCUT2D eigenvalue weighted by Crippen LogP contribution is 2.32. The molecule has 1 N–H and O–H groups in total. The van der Waals surface area contributed by atoms with E-state index in [1.54, 1.807) is 0 Å². The van der Waals surface area contributed by atoms with Gasteiger partial charge in [-0.25, -0.2) is 0 Å². The van der Waals surface area contributed by atoms with Crippen molar-refractivity contribution >= 4 is 11.8 Å². The highest BCUT2D eigenvalue weighted by atomic mass is 32.2. The lowest BCUT2D eigenvalue weighted by molar-refractivity contribution is 0.188. The summed E-state index contributed by atoms with van der Waals surface area (Å²) in [6.07, 6.45) is 10.8. The van der Waals surface area contributed by atoms with Gasteiger partial charge in [-0.2, -0.15) is 11.8 Å². The molecule has 0 spiro atoms. The van der Waals surface area contributed by atoms with Crippen LogP contribution in [0.2, 0.25) is 0 Å². The topological polar surface area (TPSA) is 15.3 Å². The molecule has 0 aromatic carbocycles. The Hall–Kier alpha value is 0.270. The number of nitrogens with zero attached hydrogens (tertiary/aromatic N) is 1. The summed E-state index contributed by atoms with van der Waals surface area (Å²) in [7, 11) is 0. The largest absolute Gasteiger partial charge is 0.316 e. The van der Waals surface area contributed by atoms with Crippen molar-refractivity contribution in [2.75, 3.05) is 32.4 Å². The van der Waals surface area contributed by atoms with Gasteiger partial charge in [-0.1, -0.05) is 13.3 Å². The van der Waals surface area contributed by atoms with E-state index in [0.29, 0.717) is 0 Å². The molecular weight excluding hydrogens is 240 g/mol. The second-order valence-corrected chi connectivity index (χ2v) is 7.17. The highest BCUT2D eigenvalue weighted by Gasteiger charge is 2.31. The molecule has 18 heavy (non-hydrogen) atoms. The van der Waals surface area contributed by atoms with Gasteiger partial charge in [0.2, 0.25) is 0 Å². The SMILES string of the molecule is CCCNCC1CCN(C2CCCC(SC)C2)C1. The molecule has 3 heteroatoms. The summed E-state index contributed by atoms with van der Waals surface area (Å²) in [6, 6.07) is 0.896. The van der Waals surface area contributed by atoms with Gasteiger partial charge in [0.05, 0.1) is 0 Å². The van der Waals surface area contributed by atoms with Crippen LogP contribution in [0.25, 0.3) is 0 Å². The molecule has 2 nitrogen and oxygen atoms in total. The lowest BCUT2D eigenvalue weighted by atomic mass is 9.94. The van der Waals surface area contributed by atoms with Crippen LogP contribution in [-0.4, -0.2) is 48.6 Å². The predicted molar refractivity (Wildman–Crippen MR) is 82.4 cm³/mol. The smallest absolute Gasteiger partial charge is 0.0106 e. The van der Waals surface area contributed by atoms with Crippen LogP contribution in [0.4, 0.5) is 0 Å². The Morgan fingerprint density at radius 1 is 1.28 bits per heavy atom. The number of thioether (sulfide) groups is 1. The Morgan fingerprint density at radius 3 is 2.94 bits per heavy atom. The van der Waals surface area contributed by atoms with E-state index in [-0.39, 0.29) is 0 Å². The van der Waals surface area contributed by atoms with Crippen LogP contribution in [0.1, 0.15) is 45.4 Å². The van der Waals surface area contributed by atoms with Gasteiger partial charge in [-0.3, -0.25) is 0 Å². The van der Waals surface area contributed by atoms with E-state index in [9.17, 15) is 0 Å². The maximum atomic E-state index is 3.59. The molecule has 1 saturated carbocycles. The maximum absolute atomic E-state index is 3.59. The molecule has 1 aliphatic carbocycles. The molecule has 1 heterocycles. The molecule has 0 bridgehead atoms. The van der Waals surface area contributed by atoms with Crippen molar-refractivity contribution in [3.63, 3.8) is 0 Å². The molecular formula is C15H30N2S. The van der Waals surface area contributed by atoms with Crippen LogP contribution in [0, 0.1) is 5.92 Å². The van der Waals surface area contributed by atoms with Crippen molar-refractivity contribution in [2.24, 2.45) is 5.92 Å². The monoisotopic (exact) mass is 270 g/mol. The molecule has 0 aromatic rings. The van der Waals surface area contributed by atoms with Gasteiger partial charge in [0.25, 0.3) is 0 Å². The van der Waals surface area contributed by atoms with Crippen molar-refractivity contribution in [3.05, 3.63) is 0 Å². The van der Waals surface area contributed by atoms with E-state index >= 15 is 0 Å². The Balaban J connectivity index is 1.71. The molecule has 3 unspecified atom stereocenters. The molecule has 0 amide bonds. The van der Waals surface area contributed by atoms with Gasteiger partial charge >= 0.3 is 0 Å². The molecule has 2 rings (SSSR count). The van der Waals surface area contributed by atoms with Crippen molar-refractivity contribution in [3.8, 4) is 0 Å². The van der Waals surface area contributed by atoms with E-state index in [0.717, 1.165) is 17.2 Å². The highest BCUT2D eigenvalue weighted by molar-refractivity contribution is 7.99. The first-order valence-electron chi connectivity index (χ1n) is 7.81. The number of nitrogens with one attached hydrogen (secondary N) is 1. The van der Waals surface area contributed by atoms with E-state index in [1.807, 2.05) is 0 Å². The standard InChI is InChI=1S/C15H30N2S/c1-3-8-16-11-13-7-9-17(12-13)14-5-4-6-15(10-14)18-2/h13-16H,3-12H2,1-2H3. The van der Waals surface area contributed by atoms with E-state index < -0.39 is 0 Å². The molecule has 2 aliphatic rings. The quantitative estimate of drug-likeness (QED) is 0.747. The minimum atomic E-state index is 0.896. The van der Waals surface area contributed by atoms with Gasteiger partial charge in [0.15, 0.2) is 0 Å². The number of rotatable bonds is 6. The normalized spacial score (nSPS) is 34.0. The van der Waals surface area contributed by atoms with Crippen LogP contribution >= 0.6 is 11.8 Å². The fourth-order valence-corrected chi connectivity index (χ4v) is 4.33. The summed E-state index contributed by atoms with van der Waals surface area (Å²) in [6.45, 7) is 7.38. The fourth-order valence-electron chi connectivity index (χ4n) is 3.51. The minimum absolute atomic E-state index is 0.896. The van der Waals surface area contributed by atoms with E-state index in [1.165, 1.54) is 64.7 Å². The van der Waals surface area contributed by atoms with Crippen molar-refractivity contribution in [2.45, 2.75) is 56.7 Å². The van der Waals surface area contributed by atoms with Gasteiger partial charge in [0, 0.05) is 17.8 Å². The van der Waals surface area contributed by atoms with Crippen molar-refractivity contribution in [1.29, 1.82) is 0 Å². The van der Waals surface area contributed by atoms with E-state index in [2.05, 4.69) is 35.2 Å². The van der Waals surface area contributed by atoms with Gasteiger partial charge in [-0.05, 0) is 63.9 Å². The first kappa shape index (κ1) is 14.7. The maximum Gasteiger partial charge on any atom is 0.0106 e. The number of hydrogen-bond donors (Lipinski definition) is 1. The summed E-state index contributed by atoms with van der Waals surface area (Å²) in [5.41, 5.74) is 0. The van der Waals surface area contributed by atoms with E-state index in [4.69, 9.17) is 0 Å². The predicted octanol–water partition coefficient (Wildman–Crippen LogP) is 2.98. The zero-order chi connectivity index (χ0) is 12.8. The molecule has 106 valence electrons. The molecule has 1 saturated heterocycles. The summed E-state index contributed by atoms with van der Waals surface area (Å²) < 4.78 is 0. The first-order chi connectivity index (χ1) is 8.83. The van der Waals surface area contributed by atoms with Crippen molar-refractivity contribution < 1.29 is 0 Å². The molecule has 0 aromatic heterocycles. The zero-order valence-corrected chi connectivity index (χ0v) is 13.0. The van der Waals surface area contributed by atoms with Crippen LogP contribution in [-0.2, 0) is 0 Å². The molecule has 0 radical (unpaired) electrons. The Kier molecular flexibility index (Phi) is 6.33. The van der Waals surface area contributed by atoms with Crippen LogP contribution in [0.15, 0.2) is 0 Å². The average molecular weight is 270 g/mol. The average Bonchev–Trinajstić information content (AvgIpc) is 2.88. The Labute approximate surface area is 117 Å². The summed E-state index contributed by atoms with van der Waals surface area (Å²) in [5.74, 6) is 0.909. The zero-order valence-electron chi connectivity index (χ0n) is 12.2. The third-order valence-corrected chi connectivity index (χ3v) is 5.72. The summed E-state index contributed by atoms with van der Waals surface area (Å²) in [5, 5.41) is 4.52. The second-order valence-electron chi connectivity index (χ2n) is 6.03. The molecule has 2 fully saturated rings. The summed E-state index contributed by atoms with van der Waals surface area (Å²) >= 11 is 2.09. The van der Waals surface area contributed by atoms with Gasteiger partial charge in [0.1, 0.15) is 0 Å². The van der Waals surface area contributed by atoms with Crippen LogP contribution in [0.3, 0.4) is 0 Å². The number of likely N-dealkylation sites (tertiary alicyclic amines) is 1. The Morgan fingerprint density at radius 2 is 2.17 bits per heavy atom. The fraction of sp³-hybridized carbons (Fsp3) is 1.00. The third-order valence-electron chi connectivity index (χ3n) is 4.63. The minimum Gasteiger partial charge on any atom is -0.316 e. The lowest BCUT2D eigenvalue weighted by Gasteiger charge is -2.34. The molecule has 3 atom stereocenters. The second kappa shape index (κ2) is 7.76. The summed E-state index contributed by atoms with van der Waals surface area (Å²) in [4.78, 5) is 2.79. The Bertz CT molecular complexity index is 235. The molecule has 1 aliphatic heterocycles. The van der Waals surface area contributed by atoms with Crippen LogP contribution < -0.4 is 5.32 Å². The van der Waals surface area contributed by atoms with Crippen molar-refractivity contribution in [1.82, 2.24) is 10.2 Å². The van der Waals surface area contributed by atoms with Gasteiger partial charge < -0.3 is 10.2 Å². The van der Waals surface area contributed by atoms with Crippen LogP contribution in [0.5, 0.6) is 0 Å². The lowest BCUT2D eigenvalue weighted by Crippen LogP contribution is -2.38. The third kappa shape index (κ3) is 4.14. The van der Waals surface area contributed by atoms with Gasteiger partial charge in [-0.15, -0.1) is 0 Å². The first-order valence-corrected chi connectivity index (χ1v) is 9.09.